The molecule has 338 valence electrons. The Balaban J connectivity index is 0.997. The van der Waals surface area contributed by atoms with E-state index in [1.807, 2.05) is 24.3 Å². The first-order valence-corrected chi connectivity index (χ1v) is 21.1. The maximum atomic E-state index is 14.5. The molecule has 0 fully saturated rings. The predicted octanol–water partition coefficient (Wildman–Crippen LogP) is 10.7. The molecule has 3 heterocycles. The number of carbonyl (C=O) groups excluding carboxylic acids is 2. The second-order valence-corrected chi connectivity index (χ2v) is 15.8. The molecule has 0 bridgehead atoms. The number of aromatic amines is 1. The molecule has 12 nitrogen and oxygen atoms in total. The summed E-state index contributed by atoms with van der Waals surface area (Å²) >= 11 is 0. The first kappa shape index (κ1) is 43.1. The maximum Gasteiger partial charge on any atom is 0.416 e. The number of ether oxygens (including phenoxy) is 6. The number of carboxylic acids is 1. The minimum atomic E-state index is -4.46. The molecule has 0 atom stereocenters. The van der Waals surface area contributed by atoms with Gasteiger partial charge in [-0.05, 0) is 60.9 Å². The number of nitrogens with one attached hydrogen (secondary N) is 1. The van der Waals surface area contributed by atoms with Crippen LogP contribution < -0.4 is 28.4 Å². The summed E-state index contributed by atoms with van der Waals surface area (Å²) in [7, 11) is 0. The Morgan fingerprint density at radius 2 is 0.985 bits per heavy atom. The largest absolute Gasteiger partial charge is 0.478 e. The van der Waals surface area contributed by atoms with Gasteiger partial charge in [0, 0.05) is 22.3 Å². The van der Waals surface area contributed by atoms with Crippen LogP contribution in [0.3, 0.4) is 0 Å². The van der Waals surface area contributed by atoms with Crippen molar-refractivity contribution < 1.29 is 61.1 Å². The number of fused-ring (bicyclic) bond motifs is 2. The van der Waals surface area contributed by atoms with E-state index in [9.17, 15) is 32.7 Å². The smallest absolute Gasteiger partial charge is 0.416 e. The topological polar surface area (TPSA) is 156 Å². The lowest BCUT2D eigenvalue weighted by Gasteiger charge is -2.28. The van der Waals surface area contributed by atoms with E-state index < -0.39 is 41.2 Å². The van der Waals surface area contributed by atoms with E-state index in [2.05, 4.69) is 10.2 Å². The molecule has 0 spiro atoms. The fourth-order valence-corrected chi connectivity index (χ4v) is 8.02. The number of aromatic carboxylic acids is 1. The maximum absolute atomic E-state index is 14.5. The number of rotatable bonds is 12. The highest BCUT2D eigenvalue weighted by molar-refractivity contribution is 5.96. The van der Waals surface area contributed by atoms with Gasteiger partial charge in [0.15, 0.2) is 23.0 Å². The number of esters is 2. The van der Waals surface area contributed by atoms with Gasteiger partial charge in [-0.15, -0.1) is 0 Å². The minimum Gasteiger partial charge on any atom is -0.478 e. The number of H-pyrrole nitrogens is 1. The van der Waals surface area contributed by atoms with Crippen molar-refractivity contribution >= 4 is 17.9 Å². The van der Waals surface area contributed by atoms with Crippen molar-refractivity contribution in [1.82, 2.24) is 10.2 Å². The zero-order chi connectivity index (χ0) is 47.0. The van der Waals surface area contributed by atoms with E-state index in [4.69, 9.17) is 28.4 Å². The van der Waals surface area contributed by atoms with E-state index in [1.54, 1.807) is 97.1 Å². The van der Waals surface area contributed by atoms with Crippen LogP contribution in [0.4, 0.5) is 13.2 Å². The number of aromatic nitrogens is 2. The third-order valence-electron chi connectivity index (χ3n) is 11.3. The molecule has 2 aliphatic rings. The fraction of sp³-hybridized carbons (Fsp3) is 0.0943. The fourth-order valence-electron chi connectivity index (χ4n) is 8.02. The van der Waals surface area contributed by atoms with Crippen LogP contribution >= 0.6 is 0 Å². The van der Waals surface area contributed by atoms with Crippen molar-refractivity contribution in [3.63, 3.8) is 0 Å². The highest BCUT2D eigenvalue weighted by atomic mass is 19.4. The summed E-state index contributed by atoms with van der Waals surface area (Å²) in [5.74, 6) is -7.14. The number of nitrogens with zero attached hydrogens (tertiary/aromatic N) is 1. The van der Waals surface area contributed by atoms with Crippen molar-refractivity contribution in [2.45, 2.75) is 30.6 Å². The number of carbonyl (C=O) groups is 3. The molecule has 15 heteroatoms. The Labute approximate surface area is 385 Å². The van der Waals surface area contributed by atoms with Crippen LogP contribution in [-0.2, 0) is 30.6 Å². The van der Waals surface area contributed by atoms with Crippen molar-refractivity contribution in [2.24, 2.45) is 0 Å². The number of carboxylic acid groups (broad SMARTS) is 1. The first-order chi connectivity index (χ1) is 32.9. The number of halogens is 3. The average Bonchev–Trinajstić information content (AvgIpc) is 4.12. The zero-order valence-electron chi connectivity index (χ0n) is 35.4. The van der Waals surface area contributed by atoms with Gasteiger partial charge in [0.1, 0.15) is 5.69 Å². The third kappa shape index (κ3) is 8.10. The molecule has 8 aromatic rings. The Morgan fingerprint density at radius 3 is 1.44 bits per heavy atom. The quantitative estimate of drug-likeness (QED) is 0.0888. The molecule has 2 N–H and O–H groups in total. The van der Waals surface area contributed by atoms with E-state index in [1.165, 1.54) is 36.4 Å². The van der Waals surface area contributed by atoms with Gasteiger partial charge < -0.3 is 33.5 Å². The molecule has 0 saturated carbocycles. The lowest BCUT2D eigenvalue weighted by molar-refractivity contribution is -0.137. The van der Waals surface area contributed by atoms with Crippen LogP contribution in [0.1, 0.15) is 70.3 Å². The number of hydrogen-bond acceptors (Lipinski definition) is 10. The van der Waals surface area contributed by atoms with Gasteiger partial charge in [0.25, 0.3) is 0 Å². The Hall–Kier alpha value is -8.85. The highest BCUT2D eigenvalue weighted by Crippen LogP contribution is 2.55. The lowest BCUT2D eigenvalue weighted by atomic mass is 9.97. The molecule has 2 aliphatic heterocycles. The Morgan fingerprint density at radius 1 is 0.544 bits per heavy atom. The van der Waals surface area contributed by atoms with Gasteiger partial charge in [0.05, 0.1) is 22.4 Å². The summed E-state index contributed by atoms with van der Waals surface area (Å²) in [5.41, 5.74) is 2.03. The van der Waals surface area contributed by atoms with Crippen molar-refractivity contribution in [2.75, 3.05) is 0 Å². The summed E-state index contributed by atoms with van der Waals surface area (Å²) in [6.07, 6.45) is -3.86. The van der Waals surface area contributed by atoms with Gasteiger partial charge in [-0.2, -0.15) is 18.3 Å². The second kappa shape index (κ2) is 17.2. The average molecular weight is 917 g/mol. The van der Waals surface area contributed by atoms with E-state index in [0.717, 1.165) is 18.2 Å². The SMILES string of the molecule is O=C(O)c1cc(OC(=O)c2cc(OC(=O)c3cc(CCc4ccc(C(F)(F)F)cc4)n[nH]3)c3c(c2)OC(c2ccccc2)(c2ccccc2)O3)c2c(c1)OC(c1ccccc1)(c1ccccc1)O2. The molecular weight excluding hydrogens is 882 g/mol. The molecule has 0 aliphatic carbocycles. The highest BCUT2D eigenvalue weighted by Gasteiger charge is 2.49. The summed E-state index contributed by atoms with van der Waals surface area (Å²) in [6.45, 7) is 0. The van der Waals surface area contributed by atoms with Crippen LogP contribution in [0.15, 0.2) is 176 Å². The van der Waals surface area contributed by atoms with Crippen LogP contribution in [0.5, 0.6) is 34.5 Å². The molecule has 0 amide bonds. The standard InChI is InChI=1S/C53H35F3N2O10/c54-53(55,56)39-24-21-32(22-25-39)23-26-40-31-41(58-57-40)50(62)64-43-29-34(30-45-47(43)68-52(66-45,37-17-9-3-10-18-37)38-19-11-4-12-20-38)49(61)63-42-27-33(48(59)60)28-44-46(42)67-51(65-44,35-13-5-1-6-14-35)36-15-7-2-8-16-36/h1-22,24-25,27-31H,23,26H2,(H,57,58)(H,59,60). The van der Waals surface area contributed by atoms with Gasteiger partial charge in [-0.3, -0.25) is 5.10 Å². The van der Waals surface area contributed by atoms with Crippen molar-refractivity contribution in [3.05, 3.63) is 232 Å². The van der Waals surface area contributed by atoms with Crippen molar-refractivity contribution in [3.8, 4) is 34.5 Å². The number of hydrogen-bond donors (Lipinski definition) is 2. The van der Waals surface area contributed by atoms with E-state index in [0.29, 0.717) is 39.9 Å². The molecule has 0 unspecified atom stereocenters. The van der Waals surface area contributed by atoms with Gasteiger partial charge in [-0.25, -0.2) is 14.4 Å². The minimum absolute atomic E-state index is 0.00509. The molecule has 7 aromatic carbocycles. The number of benzene rings is 7. The monoisotopic (exact) mass is 916 g/mol. The van der Waals surface area contributed by atoms with Gasteiger partial charge >= 0.3 is 35.7 Å². The summed E-state index contributed by atoms with van der Waals surface area (Å²) < 4.78 is 77.7. The van der Waals surface area contributed by atoms with Crippen molar-refractivity contribution in [1.29, 1.82) is 0 Å². The lowest BCUT2D eigenvalue weighted by Crippen LogP contribution is -2.36. The van der Waals surface area contributed by atoms with Crippen LogP contribution in [0, 0.1) is 0 Å². The molecule has 68 heavy (non-hydrogen) atoms. The van der Waals surface area contributed by atoms with Gasteiger partial charge in [0.2, 0.25) is 11.5 Å². The summed E-state index contributed by atoms with van der Waals surface area (Å²) in [4.78, 5) is 40.9. The van der Waals surface area contributed by atoms with Crippen LogP contribution in [0.25, 0.3) is 0 Å². The van der Waals surface area contributed by atoms with E-state index >= 15 is 0 Å². The Kier molecular flexibility index (Phi) is 10.9. The molecule has 1 aromatic heterocycles. The van der Waals surface area contributed by atoms with E-state index in [-0.39, 0.29) is 57.7 Å². The molecular formula is C53H35F3N2O10. The number of alkyl halides is 3. The first-order valence-electron chi connectivity index (χ1n) is 21.1. The van der Waals surface area contributed by atoms with Gasteiger partial charge in [-0.1, -0.05) is 133 Å². The van der Waals surface area contributed by atoms with Crippen LogP contribution in [-0.4, -0.2) is 33.2 Å². The Bertz CT molecular complexity index is 3100. The third-order valence-corrected chi connectivity index (χ3v) is 11.3. The predicted molar refractivity (Wildman–Crippen MR) is 237 cm³/mol. The second-order valence-electron chi connectivity index (χ2n) is 15.8. The number of aryl methyl sites for hydroxylation is 2. The summed E-state index contributed by atoms with van der Waals surface area (Å²) in [6, 6.07) is 47.2. The van der Waals surface area contributed by atoms with Crippen LogP contribution in [0.2, 0.25) is 0 Å². The normalized spacial score (nSPS) is 14.0. The zero-order valence-corrected chi connectivity index (χ0v) is 35.4. The molecule has 0 radical (unpaired) electrons. The molecule has 0 saturated heterocycles. The molecule has 10 rings (SSSR count). The summed E-state index contributed by atoms with van der Waals surface area (Å²) in [5, 5.41) is 17.0.